The lowest BCUT2D eigenvalue weighted by atomic mass is 9.96. The number of rotatable bonds is 11. The molecule has 1 aliphatic rings. The van der Waals surface area contributed by atoms with Crippen molar-refractivity contribution in [2.75, 3.05) is 0 Å². The molecular formula is C16H34N2. The molecule has 0 heterocycles. The van der Waals surface area contributed by atoms with E-state index in [2.05, 4.69) is 12.3 Å². The summed E-state index contributed by atoms with van der Waals surface area (Å²) in [5, 5.41) is 0. The van der Waals surface area contributed by atoms with Crippen molar-refractivity contribution in [2.45, 2.75) is 96.4 Å². The highest BCUT2D eigenvalue weighted by Gasteiger charge is 2.16. The third-order valence-corrected chi connectivity index (χ3v) is 4.54. The summed E-state index contributed by atoms with van der Waals surface area (Å²) >= 11 is 0. The van der Waals surface area contributed by atoms with Crippen molar-refractivity contribution in [2.24, 2.45) is 11.8 Å². The molecule has 0 saturated heterocycles. The summed E-state index contributed by atoms with van der Waals surface area (Å²) < 4.78 is 0. The fourth-order valence-electron chi connectivity index (χ4n) is 3.22. The molecule has 1 rings (SSSR count). The highest BCUT2D eigenvalue weighted by atomic mass is 15.2. The molecular weight excluding hydrogens is 220 g/mol. The molecule has 108 valence electrons. The van der Waals surface area contributed by atoms with Crippen LogP contribution in [-0.2, 0) is 0 Å². The Labute approximate surface area is 114 Å². The molecule has 0 aliphatic heterocycles. The van der Waals surface area contributed by atoms with Gasteiger partial charge in [-0.15, -0.1) is 0 Å². The third-order valence-electron chi connectivity index (χ3n) is 4.54. The molecule has 1 aliphatic carbocycles. The van der Waals surface area contributed by atoms with Crippen LogP contribution in [-0.4, -0.2) is 6.04 Å². The van der Waals surface area contributed by atoms with E-state index < -0.39 is 0 Å². The van der Waals surface area contributed by atoms with Gasteiger partial charge in [-0.3, -0.25) is 11.3 Å². The van der Waals surface area contributed by atoms with E-state index in [9.17, 15) is 0 Å². The van der Waals surface area contributed by atoms with Gasteiger partial charge in [-0.1, -0.05) is 71.1 Å². The second-order valence-electron chi connectivity index (χ2n) is 6.15. The van der Waals surface area contributed by atoms with Crippen LogP contribution in [0.1, 0.15) is 90.4 Å². The number of unbranched alkanes of at least 4 members (excludes halogenated alkanes) is 5. The lowest BCUT2D eigenvalue weighted by Crippen LogP contribution is -2.35. The summed E-state index contributed by atoms with van der Waals surface area (Å²) in [5.74, 6) is 6.67. The summed E-state index contributed by atoms with van der Waals surface area (Å²) in [4.78, 5) is 0. The summed E-state index contributed by atoms with van der Waals surface area (Å²) in [7, 11) is 0. The third kappa shape index (κ3) is 7.38. The van der Waals surface area contributed by atoms with E-state index in [0.29, 0.717) is 6.04 Å². The van der Waals surface area contributed by atoms with Crippen LogP contribution >= 0.6 is 0 Å². The number of nitrogens with one attached hydrogen (secondary N) is 1. The van der Waals surface area contributed by atoms with E-state index in [1.165, 1.54) is 83.5 Å². The molecule has 0 aromatic rings. The average molecular weight is 254 g/mol. The fraction of sp³-hybridized carbons (Fsp3) is 1.00. The van der Waals surface area contributed by atoms with Crippen molar-refractivity contribution in [3.8, 4) is 0 Å². The van der Waals surface area contributed by atoms with Gasteiger partial charge in [0.05, 0.1) is 0 Å². The van der Waals surface area contributed by atoms with Crippen LogP contribution < -0.4 is 11.3 Å². The molecule has 0 spiro atoms. The Bertz CT molecular complexity index is 176. The maximum Gasteiger partial charge on any atom is 0.0210 e. The zero-order chi connectivity index (χ0) is 13.1. The van der Waals surface area contributed by atoms with Crippen LogP contribution in [0, 0.1) is 5.92 Å². The van der Waals surface area contributed by atoms with Crippen LogP contribution in [0.3, 0.4) is 0 Å². The van der Waals surface area contributed by atoms with Crippen molar-refractivity contribution in [1.82, 2.24) is 5.43 Å². The van der Waals surface area contributed by atoms with Gasteiger partial charge in [-0.05, 0) is 25.2 Å². The fourth-order valence-corrected chi connectivity index (χ4v) is 3.22. The zero-order valence-corrected chi connectivity index (χ0v) is 12.4. The Morgan fingerprint density at radius 2 is 1.67 bits per heavy atom. The quantitative estimate of drug-likeness (QED) is 0.323. The molecule has 1 atom stereocenters. The summed E-state index contributed by atoms with van der Waals surface area (Å²) in [6, 6.07) is 0.566. The van der Waals surface area contributed by atoms with Gasteiger partial charge >= 0.3 is 0 Å². The largest absolute Gasteiger partial charge is 0.271 e. The SMILES string of the molecule is CCCCCCCCC(CCC1CCCC1)NN. The normalized spacial score (nSPS) is 18.3. The first kappa shape index (κ1) is 16.0. The Balaban J connectivity index is 1.95. The highest BCUT2D eigenvalue weighted by Crippen LogP contribution is 2.29. The van der Waals surface area contributed by atoms with Gasteiger partial charge in [0, 0.05) is 6.04 Å². The second-order valence-corrected chi connectivity index (χ2v) is 6.15. The Morgan fingerprint density at radius 3 is 2.33 bits per heavy atom. The van der Waals surface area contributed by atoms with Crippen molar-refractivity contribution in [1.29, 1.82) is 0 Å². The summed E-state index contributed by atoms with van der Waals surface area (Å²) in [6.07, 6.45) is 18.1. The molecule has 3 N–H and O–H groups in total. The first-order valence-corrected chi connectivity index (χ1v) is 8.33. The first-order valence-electron chi connectivity index (χ1n) is 8.33. The summed E-state index contributed by atoms with van der Waals surface area (Å²) in [5.41, 5.74) is 3.03. The van der Waals surface area contributed by atoms with Crippen molar-refractivity contribution in [3.63, 3.8) is 0 Å². The minimum absolute atomic E-state index is 0.566. The summed E-state index contributed by atoms with van der Waals surface area (Å²) in [6.45, 7) is 2.28. The molecule has 2 heteroatoms. The molecule has 0 radical (unpaired) electrons. The molecule has 18 heavy (non-hydrogen) atoms. The maximum atomic E-state index is 5.67. The van der Waals surface area contributed by atoms with Crippen LogP contribution in [0.15, 0.2) is 0 Å². The smallest absolute Gasteiger partial charge is 0.0210 e. The van der Waals surface area contributed by atoms with E-state index in [1.807, 2.05) is 0 Å². The van der Waals surface area contributed by atoms with Gasteiger partial charge in [0.2, 0.25) is 0 Å². The van der Waals surface area contributed by atoms with Crippen molar-refractivity contribution >= 4 is 0 Å². The predicted molar refractivity (Wildman–Crippen MR) is 80.3 cm³/mol. The molecule has 1 unspecified atom stereocenters. The van der Waals surface area contributed by atoms with E-state index in [0.717, 1.165) is 5.92 Å². The maximum absolute atomic E-state index is 5.67. The van der Waals surface area contributed by atoms with Gasteiger partial charge in [0.15, 0.2) is 0 Å². The molecule has 1 saturated carbocycles. The molecule has 2 nitrogen and oxygen atoms in total. The minimum Gasteiger partial charge on any atom is -0.271 e. The number of hydrazine groups is 1. The Hall–Kier alpha value is -0.0800. The first-order chi connectivity index (χ1) is 8.86. The molecule has 0 aromatic carbocycles. The molecule has 0 aromatic heterocycles. The van der Waals surface area contributed by atoms with Crippen LogP contribution in [0.4, 0.5) is 0 Å². The Kier molecular flexibility index (Phi) is 9.59. The molecule has 0 bridgehead atoms. The highest BCUT2D eigenvalue weighted by molar-refractivity contribution is 4.71. The topological polar surface area (TPSA) is 38.0 Å². The molecule has 0 amide bonds. The van der Waals surface area contributed by atoms with E-state index in [-0.39, 0.29) is 0 Å². The van der Waals surface area contributed by atoms with Gasteiger partial charge in [-0.2, -0.15) is 0 Å². The Morgan fingerprint density at radius 1 is 1.00 bits per heavy atom. The van der Waals surface area contributed by atoms with Gasteiger partial charge in [0.25, 0.3) is 0 Å². The van der Waals surface area contributed by atoms with Crippen LogP contribution in [0.25, 0.3) is 0 Å². The lowest BCUT2D eigenvalue weighted by Gasteiger charge is -2.18. The van der Waals surface area contributed by atoms with Crippen molar-refractivity contribution in [3.05, 3.63) is 0 Å². The van der Waals surface area contributed by atoms with Gasteiger partial charge < -0.3 is 0 Å². The zero-order valence-electron chi connectivity index (χ0n) is 12.4. The van der Waals surface area contributed by atoms with E-state index >= 15 is 0 Å². The van der Waals surface area contributed by atoms with Crippen LogP contribution in [0.5, 0.6) is 0 Å². The number of hydrogen-bond acceptors (Lipinski definition) is 2. The van der Waals surface area contributed by atoms with Crippen LogP contribution in [0.2, 0.25) is 0 Å². The standard InChI is InChI=1S/C16H34N2/c1-2-3-4-5-6-7-12-16(18-17)14-13-15-10-8-9-11-15/h15-16,18H,2-14,17H2,1H3. The number of nitrogens with two attached hydrogens (primary N) is 1. The predicted octanol–water partition coefficient (Wildman–Crippen LogP) is 4.54. The number of hydrogen-bond donors (Lipinski definition) is 2. The minimum atomic E-state index is 0.566. The lowest BCUT2D eigenvalue weighted by molar-refractivity contribution is 0.383. The monoisotopic (exact) mass is 254 g/mol. The van der Waals surface area contributed by atoms with Crippen molar-refractivity contribution < 1.29 is 0 Å². The van der Waals surface area contributed by atoms with E-state index in [4.69, 9.17) is 5.84 Å². The van der Waals surface area contributed by atoms with E-state index in [1.54, 1.807) is 0 Å². The van der Waals surface area contributed by atoms with Gasteiger partial charge in [-0.25, -0.2) is 0 Å². The second kappa shape index (κ2) is 10.8. The van der Waals surface area contributed by atoms with Gasteiger partial charge in [0.1, 0.15) is 0 Å². The average Bonchev–Trinajstić information content (AvgIpc) is 2.90. The molecule has 1 fully saturated rings.